The fourth-order valence-corrected chi connectivity index (χ4v) is 2.56. The summed E-state index contributed by atoms with van der Waals surface area (Å²) in [6.07, 6.45) is 0. The normalized spacial score (nSPS) is 11.9. The van der Waals surface area contributed by atoms with Crippen molar-refractivity contribution in [2.45, 2.75) is 27.3 Å². The number of aryl methyl sites for hydroxylation is 2. The van der Waals surface area contributed by atoms with Crippen molar-refractivity contribution in [3.05, 3.63) is 23.5 Å². The Hall–Kier alpha value is -0.810. The Kier molecular flexibility index (Phi) is 3.93. The lowest BCUT2D eigenvalue weighted by Gasteiger charge is -2.09. The molecule has 1 aromatic heterocycles. The van der Waals surface area contributed by atoms with Gasteiger partial charge in [-0.3, -0.25) is 0 Å². The van der Waals surface area contributed by atoms with Gasteiger partial charge in [-0.1, -0.05) is 6.92 Å². The molecular weight excluding hydrogens is 212 g/mol. The highest BCUT2D eigenvalue weighted by Crippen LogP contribution is 2.06. The van der Waals surface area contributed by atoms with E-state index in [1.165, 1.54) is 0 Å². The monoisotopic (exact) mass is 230 g/mol. The maximum atomic E-state index is 11.4. The summed E-state index contributed by atoms with van der Waals surface area (Å²) in [6, 6.07) is 3.99. The molecule has 1 N–H and O–H groups in total. The van der Waals surface area contributed by atoms with Crippen LogP contribution in [0.1, 0.15) is 18.3 Å². The second-order valence-electron chi connectivity index (χ2n) is 3.58. The number of hydrogen-bond donors (Lipinski definition) is 1. The zero-order valence-corrected chi connectivity index (χ0v) is 10.3. The third-order valence-electron chi connectivity index (χ3n) is 2.37. The van der Waals surface area contributed by atoms with Gasteiger partial charge in [0.2, 0.25) is 10.0 Å². The largest absolute Gasteiger partial charge is 0.348 e. The molecule has 1 rings (SSSR count). The highest BCUT2D eigenvalue weighted by molar-refractivity contribution is 7.89. The van der Waals surface area contributed by atoms with Crippen molar-refractivity contribution in [2.24, 2.45) is 0 Å². The maximum absolute atomic E-state index is 11.4. The molecule has 0 atom stereocenters. The first-order valence-corrected chi connectivity index (χ1v) is 6.71. The third-order valence-corrected chi connectivity index (χ3v) is 3.81. The van der Waals surface area contributed by atoms with E-state index in [4.69, 9.17) is 0 Å². The van der Waals surface area contributed by atoms with Gasteiger partial charge in [-0.15, -0.1) is 0 Å². The minimum atomic E-state index is -3.11. The van der Waals surface area contributed by atoms with Gasteiger partial charge in [0.15, 0.2) is 0 Å². The molecule has 0 amide bonds. The first-order valence-electron chi connectivity index (χ1n) is 5.06. The molecule has 0 radical (unpaired) electrons. The van der Waals surface area contributed by atoms with Crippen molar-refractivity contribution in [3.63, 3.8) is 0 Å². The molecule has 0 aliphatic carbocycles. The van der Waals surface area contributed by atoms with Crippen molar-refractivity contribution in [1.29, 1.82) is 0 Å². The first-order chi connectivity index (χ1) is 6.96. The third kappa shape index (κ3) is 3.35. The fraction of sp³-hybridized carbons (Fsp3) is 0.600. The number of hydrogen-bond acceptors (Lipinski definition) is 2. The quantitative estimate of drug-likeness (QED) is 0.822. The molecule has 5 heteroatoms. The number of nitrogens with one attached hydrogen (secondary N) is 1. The summed E-state index contributed by atoms with van der Waals surface area (Å²) < 4.78 is 27.3. The lowest BCUT2D eigenvalue weighted by molar-refractivity contribution is 0.575. The summed E-state index contributed by atoms with van der Waals surface area (Å²) in [6.45, 7) is 6.70. The van der Waals surface area contributed by atoms with E-state index in [1.54, 1.807) is 6.92 Å². The molecule has 1 heterocycles. The molecule has 0 saturated carbocycles. The Morgan fingerprint density at radius 2 is 1.80 bits per heavy atom. The van der Waals surface area contributed by atoms with Crippen LogP contribution in [0.4, 0.5) is 0 Å². The molecule has 0 bridgehead atoms. The Balaban J connectivity index is 2.65. The van der Waals surface area contributed by atoms with Gasteiger partial charge in [-0.05, 0) is 26.0 Å². The minimum Gasteiger partial charge on any atom is -0.348 e. The highest BCUT2D eigenvalue weighted by Gasteiger charge is 2.09. The molecule has 15 heavy (non-hydrogen) atoms. The molecule has 0 aliphatic rings. The zero-order chi connectivity index (χ0) is 11.5. The van der Waals surface area contributed by atoms with Gasteiger partial charge in [0.1, 0.15) is 0 Å². The Morgan fingerprint density at radius 3 is 2.27 bits per heavy atom. The zero-order valence-electron chi connectivity index (χ0n) is 9.45. The molecule has 0 aliphatic heterocycles. The van der Waals surface area contributed by atoms with E-state index >= 15 is 0 Å². The van der Waals surface area contributed by atoms with Crippen molar-refractivity contribution in [3.8, 4) is 0 Å². The van der Waals surface area contributed by atoms with Crippen LogP contribution in [0.5, 0.6) is 0 Å². The SMILES string of the molecule is CCNS(=O)(=O)CCn1c(C)ccc1C. The Morgan fingerprint density at radius 1 is 1.27 bits per heavy atom. The van der Waals surface area contributed by atoms with Crippen LogP contribution in [0.25, 0.3) is 0 Å². The van der Waals surface area contributed by atoms with Gasteiger partial charge < -0.3 is 4.57 Å². The molecule has 0 spiro atoms. The van der Waals surface area contributed by atoms with Crippen molar-refractivity contribution in [1.82, 2.24) is 9.29 Å². The van der Waals surface area contributed by atoms with E-state index in [9.17, 15) is 8.42 Å². The average molecular weight is 230 g/mol. The lowest BCUT2D eigenvalue weighted by Crippen LogP contribution is -2.28. The lowest BCUT2D eigenvalue weighted by atomic mass is 10.5. The van der Waals surface area contributed by atoms with Crippen LogP contribution < -0.4 is 4.72 Å². The first kappa shape index (κ1) is 12.3. The van der Waals surface area contributed by atoms with Crippen molar-refractivity contribution in [2.75, 3.05) is 12.3 Å². The Bertz CT molecular complexity index is 401. The smallest absolute Gasteiger partial charge is 0.213 e. The van der Waals surface area contributed by atoms with Crippen LogP contribution in [-0.4, -0.2) is 25.3 Å². The molecule has 86 valence electrons. The fourth-order valence-electron chi connectivity index (χ4n) is 1.56. The molecule has 0 fully saturated rings. The summed E-state index contributed by atoms with van der Waals surface area (Å²) in [7, 11) is -3.11. The van der Waals surface area contributed by atoms with E-state index in [0.29, 0.717) is 13.1 Å². The number of sulfonamides is 1. The molecule has 4 nitrogen and oxygen atoms in total. The summed E-state index contributed by atoms with van der Waals surface area (Å²) in [4.78, 5) is 0. The predicted molar refractivity (Wildman–Crippen MR) is 61.4 cm³/mol. The topological polar surface area (TPSA) is 51.1 Å². The summed E-state index contributed by atoms with van der Waals surface area (Å²) in [5.74, 6) is 0.136. The van der Waals surface area contributed by atoms with Crippen LogP contribution in [-0.2, 0) is 16.6 Å². The van der Waals surface area contributed by atoms with Crippen LogP contribution >= 0.6 is 0 Å². The predicted octanol–water partition coefficient (Wildman–Crippen LogP) is 1.04. The van der Waals surface area contributed by atoms with Gasteiger partial charge in [-0.2, -0.15) is 0 Å². The Labute approximate surface area is 91.4 Å². The van der Waals surface area contributed by atoms with E-state index in [0.717, 1.165) is 11.4 Å². The van der Waals surface area contributed by atoms with E-state index in [1.807, 2.05) is 30.5 Å². The van der Waals surface area contributed by atoms with Crippen molar-refractivity contribution < 1.29 is 8.42 Å². The summed E-state index contributed by atoms with van der Waals surface area (Å²) in [5, 5.41) is 0. The molecular formula is C10H18N2O2S. The molecule has 0 saturated heterocycles. The summed E-state index contributed by atoms with van der Waals surface area (Å²) >= 11 is 0. The van der Waals surface area contributed by atoms with E-state index in [-0.39, 0.29) is 5.75 Å². The van der Waals surface area contributed by atoms with Gasteiger partial charge in [-0.25, -0.2) is 13.1 Å². The molecule has 1 aromatic rings. The average Bonchev–Trinajstić information content (AvgIpc) is 2.44. The van der Waals surface area contributed by atoms with E-state index < -0.39 is 10.0 Å². The second-order valence-corrected chi connectivity index (χ2v) is 5.51. The van der Waals surface area contributed by atoms with Crippen LogP contribution in [0.2, 0.25) is 0 Å². The number of aromatic nitrogens is 1. The number of rotatable bonds is 5. The van der Waals surface area contributed by atoms with E-state index in [2.05, 4.69) is 4.72 Å². The van der Waals surface area contributed by atoms with Crippen molar-refractivity contribution >= 4 is 10.0 Å². The minimum absolute atomic E-state index is 0.136. The van der Waals surface area contributed by atoms with Gasteiger partial charge >= 0.3 is 0 Å². The standard InChI is InChI=1S/C10H18N2O2S/c1-4-11-15(13,14)8-7-12-9(2)5-6-10(12)3/h5-6,11H,4,7-8H2,1-3H3. The summed E-state index contributed by atoms with van der Waals surface area (Å²) in [5.41, 5.74) is 2.19. The number of nitrogens with zero attached hydrogens (tertiary/aromatic N) is 1. The second kappa shape index (κ2) is 4.81. The maximum Gasteiger partial charge on any atom is 0.213 e. The molecule has 0 aromatic carbocycles. The highest BCUT2D eigenvalue weighted by atomic mass is 32.2. The van der Waals surface area contributed by atoms with Crippen LogP contribution in [0.15, 0.2) is 12.1 Å². The van der Waals surface area contributed by atoms with Crippen LogP contribution in [0, 0.1) is 13.8 Å². The van der Waals surface area contributed by atoms with Gasteiger partial charge in [0.05, 0.1) is 5.75 Å². The molecule has 0 unspecified atom stereocenters. The van der Waals surface area contributed by atoms with Gasteiger partial charge in [0, 0.05) is 24.5 Å². The van der Waals surface area contributed by atoms with Crippen LogP contribution in [0.3, 0.4) is 0 Å². The van der Waals surface area contributed by atoms with Gasteiger partial charge in [0.25, 0.3) is 0 Å².